The Kier molecular flexibility index (Phi) is 27.6. The number of aliphatic hydroxyl groups is 1. The van der Waals surface area contributed by atoms with Crippen LogP contribution < -0.4 is 0 Å². The second kappa shape index (κ2) is 36.2. The van der Waals surface area contributed by atoms with Crippen molar-refractivity contribution in [3.8, 4) is 0 Å². The van der Waals surface area contributed by atoms with Gasteiger partial charge in [0.1, 0.15) is 65.6 Å². The first-order valence-corrected chi connectivity index (χ1v) is 48.5. The molecule has 4 heterocycles. The highest BCUT2D eigenvalue weighted by Gasteiger charge is 2.69. The van der Waals surface area contributed by atoms with Crippen LogP contribution in [0.1, 0.15) is 257 Å². The normalized spacial score (nSPS) is 39.5. The van der Waals surface area contributed by atoms with Crippen LogP contribution in [0.2, 0.25) is 0 Å². The third kappa shape index (κ3) is 19.6. The summed E-state index contributed by atoms with van der Waals surface area (Å²) in [5.41, 5.74) is -0.382. The fourth-order valence-electron chi connectivity index (χ4n) is 25.1. The molecule has 1 N–H and O–H groups in total. The van der Waals surface area contributed by atoms with E-state index < -0.39 is 114 Å². The highest BCUT2D eigenvalue weighted by molar-refractivity contribution is 7.88. The van der Waals surface area contributed by atoms with Crippen molar-refractivity contribution in [2.45, 2.75) is 339 Å². The average Bonchev–Trinajstić information content (AvgIpc) is 1.67. The fraction of sp³-hybridized carbons (Fsp3) is 0.777. The molecule has 0 aromatic rings. The summed E-state index contributed by atoms with van der Waals surface area (Å²) < 4.78 is 116. The molecule has 21 fully saturated rings. The monoisotopic (exact) mass is 1790 g/mol. The van der Waals surface area contributed by atoms with Crippen molar-refractivity contribution in [1.82, 2.24) is 0 Å². The van der Waals surface area contributed by atoms with Crippen LogP contribution in [-0.2, 0) is 133 Å². The zero-order chi connectivity index (χ0) is 91.2. The van der Waals surface area contributed by atoms with Gasteiger partial charge in [0.05, 0.1) is 38.8 Å². The van der Waals surface area contributed by atoms with Crippen molar-refractivity contribution in [3.05, 3.63) is 60.8 Å². The Morgan fingerprint density at radius 2 is 0.824 bits per heavy atom. The van der Waals surface area contributed by atoms with Gasteiger partial charge in [0.2, 0.25) is 0 Å². The summed E-state index contributed by atoms with van der Waals surface area (Å²) in [7, 11) is -7.05. The third-order valence-corrected chi connectivity index (χ3v) is 35.1. The first-order chi connectivity index (χ1) is 58.4. The summed E-state index contributed by atoms with van der Waals surface area (Å²) in [4.78, 5) is 128. The van der Waals surface area contributed by atoms with Gasteiger partial charge in [-0.05, 0) is 265 Å². The molecule has 29 nitrogen and oxygen atoms in total. The summed E-state index contributed by atoms with van der Waals surface area (Å²) in [5, 5.41) is 9.60. The lowest BCUT2D eigenvalue weighted by Crippen LogP contribution is -2.60. The van der Waals surface area contributed by atoms with Gasteiger partial charge in [-0.25, -0.2) is 33.6 Å². The summed E-state index contributed by atoms with van der Waals surface area (Å²) >= 11 is 0. The summed E-state index contributed by atoms with van der Waals surface area (Å²) in [5.74, 6) is 1.39. The Morgan fingerprint density at radius 1 is 0.440 bits per heavy atom. The minimum Gasteiger partial charge on any atom is -0.458 e. The molecule has 0 aromatic carbocycles. The maximum atomic E-state index is 12.1. The van der Waals surface area contributed by atoms with Gasteiger partial charge in [0.25, 0.3) is 20.2 Å². The van der Waals surface area contributed by atoms with Crippen LogP contribution in [-0.4, -0.2) is 183 Å². The molecule has 17 aliphatic carbocycles. The SMILES string of the molecule is C=C(C)C(=O)OC1(C)CCCC1.C=C(C)C(=O)OC1(CC)C2CC3CC(C2)CC1C3.C=C(C)C(=O)OC12CC3CC(CC(O)(C3)C1)C2.C=C(C)C(=O)OC1C2CC3C(=O)OC1C3C2.C=C(C)C(=O)OCC(=O)OC1C2CC3C1OS(=O)(=O)C3C2.CCC(C)(C)C(=O)OC1C2CC3C(=O)OC1C3C2.CCC(C)(C)C(=O)OCC(=O)OC1C2CC3C1OS(=O)(=O)C3C2. The quantitative estimate of drug-likeness (QED) is 0.0482. The lowest BCUT2D eigenvalue weighted by Gasteiger charge is -2.60. The molecule has 17 saturated carbocycles. The molecule has 4 aliphatic heterocycles. The van der Waals surface area contributed by atoms with Crippen molar-refractivity contribution in [2.24, 2.45) is 106 Å². The van der Waals surface area contributed by atoms with Crippen molar-refractivity contribution < 1.29 is 135 Å². The van der Waals surface area contributed by atoms with E-state index in [9.17, 15) is 74.7 Å². The highest BCUT2D eigenvalue weighted by Crippen LogP contribution is 2.64. The molecule has 22 unspecified atom stereocenters. The molecule has 21 aliphatic rings. The van der Waals surface area contributed by atoms with Crippen molar-refractivity contribution >= 4 is 85.9 Å². The molecule has 22 atom stereocenters. The van der Waals surface area contributed by atoms with E-state index in [0.717, 1.165) is 88.9 Å². The van der Waals surface area contributed by atoms with Crippen LogP contribution in [0.4, 0.5) is 0 Å². The minimum atomic E-state index is -3.53. The second-order valence-electron chi connectivity index (χ2n) is 41.8. The van der Waals surface area contributed by atoms with Crippen LogP contribution in [0.25, 0.3) is 0 Å². The van der Waals surface area contributed by atoms with Gasteiger partial charge < -0.3 is 57.2 Å². The lowest BCUT2D eigenvalue weighted by atomic mass is 9.49. The van der Waals surface area contributed by atoms with E-state index in [-0.39, 0.29) is 124 Å². The van der Waals surface area contributed by atoms with Gasteiger partial charge in [-0.2, -0.15) is 16.8 Å². The van der Waals surface area contributed by atoms with Gasteiger partial charge in [-0.15, -0.1) is 0 Å². The third-order valence-electron chi connectivity index (χ3n) is 31.6. The highest BCUT2D eigenvalue weighted by atomic mass is 32.2. The Balaban J connectivity index is 0.000000126. The van der Waals surface area contributed by atoms with Gasteiger partial charge in [-0.3, -0.25) is 27.5 Å². The molecule has 0 radical (unpaired) electrons. The molecular formula is C94H132O29S2. The number of carbonyl (C=O) groups excluding carboxylic acids is 11. The van der Waals surface area contributed by atoms with Crippen molar-refractivity contribution in [2.75, 3.05) is 13.2 Å². The average molecular weight is 1790 g/mol. The largest absolute Gasteiger partial charge is 0.458 e. The van der Waals surface area contributed by atoms with Gasteiger partial charge >= 0.3 is 65.7 Å². The zero-order valence-corrected chi connectivity index (χ0v) is 76.7. The molecular weight excluding hydrogens is 1660 g/mol. The molecule has 16 bridgehead atoms. The minimum absolute atomic E-state index is 0.00284. The van der Waals surface area contributed by atoms with E-state index in [1.807, 2.05) is 34.6 Å². The number of hydrogen-bond acceptors (Lipinski definition) is 29. The van der Waals surface area contributed by atoms with Gasteiger partial charge in [0.15, 0.2) is 13.2 Å². The molecule has 4 saturated heterocycles. The second-order valence-corrected chi connectivity index (χ2v) is 45.3. The molecule has 0 aromatic heterocycles. The standard InChI is InChI=1S/C16H24O2.C15H22O7S.C14H20O4.C14H20O3.C13H16O7S.C12H14O4.C10H16O2/c1-4-16(18-15(17)10(2)3)13-6-11-5-12(8-13)9-14(16)7-11;1-4-15(2,3)14(17)20-7-11(16)21-12-8-5-9-10(6-8)23(18,19)22-13(9)12;1-4-14(2,3)13(16)18-10-7-5-8-9(6-7)12(15)17-11(8)10;1-9(2)12(15)17-14-6-10-3-11(7-14)5-13(16,4-10)8-14;1-6(2)13(15)18-5-10(14)19-11-7-3-8-9(4-7)21(16,17)20-12(8)11;1-5(2)11(13)15-9-6-3-7-8(4-6)12(14)16-10(7)9;1-8(2)9(11)12-10(3)6-4-5-7-10/h11-14H,2,4-9H2,1,3H3;8-10,12-13H,4-7H2,1-3H3;7-11H,4-6H2,1-3H3;10-11,16H,1,3-8H2,2H3;7-9,11-12H,1,3-5H2,2H3;6-10H,1,3-4H2,2H3;1,4-7H2,2-3H3. The van der Waals surface area contributed by atoms with Crippen LogP contribution in [0, 0.1) is 106 Å². The number of ether oxygens (including phenoxy) is 11. The number of carbonyl (C=O) groups is 11. The van der Waals surface area contributed by atoms with E-state index >= 15 is 0 Å². The Hall–Kier alpha value is -7.35. The molecule has 31 heteroatoms. The van der Waals surface area contributed by atoms with E-state index in [1.54, 1.807) is 41.5 Å². The van der Waals surface area contributed by atoms with Gasteiger partial charge in [0, 0.05) is 81.6 Å². The Labute approximate surface area is 735 Å². The maximum Gasteiger partial charge on any atom is 0.344 e. The van der Waals surface area contributed by atoms with E-state index in [1.165, 1.54) is 58.3 Å². The van der Waals surface area contributed by atoms with E-state index in [0.29, 0.717) is 102 Å². The van der Waals surface area contributed by atoms with Crippen molar-refractivity contribution in [1.29, 1.82) is 0 Å². The first-order valence-electron chi connectivity index (χ1n) is 45.5. The Bertz CT molecular complexity index is 4500. The predicted octanol–water partition coefficient (Wildman–Crippen LogP) is 12.5. The summed E-state index contributed by atoms with van der Waals surface area (Å²) in [6.45, 7) is 40.4. The van der Waals surface area contributed by atoms with Crippen LogP contribution in [0.15, 0.2) is 60.8 Å². The van der Waals surface area contributed by atoms with E-state index in [2.05, 4.69) is 39.8 Å². The molecule has 125 heavy (non-hydrogen) atoms. The van der Waals surface area contributed by atoms with Crippen LogP contribution >= 0.6 is 0 Å². The molecule has 21 rings (SSSR count). The number of rotatable bonds is 21. The smallest absolute Gasteiger partial charge is 0.344 e. The number of hydrogen-bond donors (Lipinski definition) is 1. The van der Waals surface area contributed by atoms with Crippen LogP contribution in [0.5, 0.6) is 0 Å². The predicted molar refractivity (Wildman–Crippen MR) is 448 cm³/mol. The number of fused-ring (bicyclic) bond motifs is 4. The Morgan fingerprint density at radius 3 is 1.25 bits per heavy atom. The van der Waals surface area contributed by atoms with Gasteiger partial charge in [-0.1, -0.05) is 53.7 Å². The first kappa shape index (κ1) is 95.2. The zero-order valence-electron chi connectivity index (χ0n) is 75.0. The molecule has 694 valence electrons. The maximum absolute atomic E-state index is 12.1. The summed E-state index contributed by atoms with van der Waals surface area (Å²) in [6, 6.07) is 0. The van der Waals surface area contributed by atoms with Crippen LogP contribution in [0.3, 0.4) is 0 Å². The van der Waals surface area contributed by atoms with Crippen molar-refractivity contribution in [3.63, 3.8) is 0 Å². The van der Waals surface area contributed by atoms with E-state index in [4.69, 9.17) is 60.5 Å². The molecule has 0 amide bonds. The number of esters is 11. The summed E-state index contributed by atoms with van der Waals surface area (Å²) in [6.07, 6.45) is 21.5. The topological polar surface area (TPSA) is 396 Å². The molecule has 0 spiro atoms. The lowest BCUT2D eigenvalue weighted by molar-refractivity contribution is -0.217. The fourth-order valence-corrected chi connectivity index (χ4v) is 28.8.